The van der Waals surface area contributed by atoms with E-state index in [9.17, 15) is 5.11 Å². The van der Waals surface area contributed by atoms with Crippen LogP contribution in [0.2, 0.25) is 0 Å². The molecule has 4 heteroatoms. The first-order valence-electron chi connectivity index (χ1n) is 5.71. The zero-order chi connectivity index (χ0) is 12.7. The van der Waals surface area contributed by atoms with Gasteiger partial charge in [-0.1, -0.05) is 6.92 Å². The SMILES string of the molecule is CCC(O)CCNc1cc(OC)ccc1C#N. The summed E-state index contributed by atoms with van der Waals surface area (Å²) in [6.45, 7) is 2.58. The number of nitriles is 1. The fourth-order valence-corrected chi connectivity index (χ4v) is 1.47. The second-order valence-corrected chi connectivity index (χ2v) is 3.80. The number of nitrogens with zero attached hydrogens (tertiary/aromatic N) is 1. The summed E-state index contributed by atoms with van der Waals surface area (Å²) in [6.07, 6.45) is 1.11. The molecule has 0 saturated heterocycles. The van der Waals surface area contributed by atoms with Gasteiger partial charge < -0.3 is 15.2 Å². The van der Waals surface area contributed by atoms with Gasteiger partial charge in [-0.3, -0.25) is 0 Å². The second-order valence-electron chi connectivity index (χ2n) is 3.80. The van der Waals surface area contributed by atoms with Crippen molar-refractivity contribution in [3.8, 4) is 11.8 Å². The predicted molar refractivity (Wildman–Crippen MR) is 67.1 cm³/mol. The van der Waals surface area contributed by atoms with Crippen molar-refractivity contribution in [2.24, 2.45) is 0 Å². The van der Waals surface area contributed by atoms with Gasteiger partial charge in [0.25, 0.3) is 0 Å². The van der Waals surface area contributed by atoms with Crippen LogP contribution in [0.1, 0.15) is 25.3 Å². The first-order chi connectivity index (χ1) is 8.21. The molecule has 1 unspecified atom stereocenters. The maximum absolute atomic E-state index is 9.43. The number of rotatable bonds is 6. The van der Waals surface area contributed by atoms with Gasteiger partial charge in [0.1, 0.15) is 11.8 Å². The summed E-state index contributed by atoms with van der Waals surface area (Å²) >= 11 is 0. The van der Waals surface area contributed by atoms with E-state index in [1.54, 1.807) is 25.3 Å². The Bertz CT molecular complexity index is 399. The molecule has 0 aromatic heterocycles. The minimum absolute atomic E-state index is 0.293. The van der Waals surface area contributed by atoms with Crippen LogP contribution in [-0.2, 0) is 0 Å². The molecule has 17 heavy (non-hydrogen) atoms. The van der Waals surface area contributed by atoms with Crippen molar-refractivity contribution in [3.05, 3.63) is 23.8 Å². The van der Waals surface area contributed by atoms with E-state index in [-0.39, 0.29) is 6.10 Å². The Labute approximate surface area is 102 Å². The number of aliphatic hydroxyl groups excluding tert-OH is 1. The lowest BCUT2D eigenvalue weighted by molar-refractivity contribution is 0.164. The second kappa shape index (κ2) is 6.77. The van der Waals surface area contributed by atoms with Crippen molar-refractivity contribution in [2.45, 2.75) is 25.9 Å². The van der Waals surface area contributed by atoms with Crippen molar-refractivity contribution in [3.63, 3.8) is 0 Å². The van der Waals surface area contributed by atoms with Crippen molar-refractivity contribution >= 4 is 5.69 Å². The number of hydrogen-bond acceptors (Lipinski definition) is 4. The summed E-state index contributed by atoms with van der Waals surface area (Å²) in [6, 6.07) is 7.38. The first-order valence-corrected chi connectivity index (χ1v) is 5.71. The van der Waals surface area contributed by atoms with Crippen LogP contribution in [0.15, 0.2) is 18.2 Å². The highest BCUT2D eigenvalue weighted by molar-refractivity contribution is 5.60. The van der Waals surface area contributed by atoms with Crippen molar-refractivity contribution in [2.75, 3.05) is 19.0 Å². The van der Waals surface area contributed by atoms with Crippen LogP contribution in [0, 0.1) is 11.3 Å². The van der Waals surface area contributed by atoms with Gasteiger partial charge in [-0.2, -0.15) is 5.26 Å². The number of nitrogens with one attached hydrogen (secondary N) is 1. The minimum Gasteiger partial charge on any atom is -0.497 e. The minimum atomic E-state index is -0.293. The van der Waals surface area contributed by atoms with E-state index >= 15 is 0 Å². The Morgan fingerprint density at radius 3 is 2.88 bits per heavy atom. The lowest BCUT2D eigenvalue weighted by atomic mass is 10.1. The first kappa shape index (κ1) is 13.3. The smallest absolute Gasteiger partial charge is 0.121 e. The monoisotopic (exact) mass is 234 g/mol. The average molecular weight is 234 g/mol. The molecule has 0 aliphatic heterocycles. The van der Waals surface area contributed by atoms with Gasteiger partial charge in [0.15, 0.2) is 0 Å². The molecule has 0 saturated carbocycles. The fraction of sp³-hybridized carbons (Fsp3) is 0.462. The predicted octanol–water partition coefficient (Wildman–Crippen LogP) is 2.14. The Balaban J connectivity index is 2.65. The van der Waals surface area contributed by atoms with Gasteiger partial charge in [-0.05, 0) is 25.0 Å². The Kier molecular flexibility index (Phi) is 5.31. The third kappa shape index (κ3) is 3.97. The standard InChI is InChI=1S/C13H18N2O2/c1-3-11(16)6-7-15-13-8-12(17-2)5-4-10(13)9-14/h4-5,8,11,15-16H,3,6-7H2,1-2H3. The summed E-state index contributed by atoms with van der Waals surface area (Å²) in [5.41, 5.74) is 1.33. The molecule has 0 radical (unpaired) electrons. The highest BCUT2D eigenvalue weighted by Crippen LogP contribution is 2.21. The quantitative estimate of drug-likeness (QED) is 0.791. The van der Waals surface area contributed by atoms with Gasteiger partial charge in [0, 0.05) is 12.6 Å². The molecular formula is C13H18N2O2. The molecule has 0 aliphatic rings. The van der Waals surface area contributed by atoms with Crippen molar-refractivity contribution in [1.82, 2.24) is 0 Å². The average Bonchev–Trinajstić information content (AvgIpc) is 2.38. The zero-order valence-corrected chi connectivity index (χ0v) is 10.2. The van der Waals surface area contributed by atoms with Crippen LogP contribution in [-0.4, -0.2) is 24.9 Å². The third-order valence-corrected chi connectivity index (χ3v) is 2.61. The van der Waals surface area contributed by atoms with Gasteiger partial charge in [0.05, 0.1) is 24.5 Å². The van der Waals surface area contributed by atoms with E-state index in [0.29, 0.717) is 24.3 Å². The molecule has 0 amide bonds. The van der Waals surface area contributed by atoms with E-state index in [4.69, 9.17) is 10.00 Å². The lowest BCUT2D eigenvalue weighted by Gasteiger charge is -2.12. The van der Waals surface area contributed by atoms with Gasteiger partial charge in [-0.25, -0.2) is 0 Å². The maximum atomic E-state index is 9.43. The number of methoxy groups -OCH3 is 1. The molecule has 1 aromatic carbocycles. The Hall–Kier alpha value is -1.73. The van der Waals surface area contributed by atoms with Crippen LogP contribution in [0.4, 0.5) is 5.69 Å². The molecule has 0 fully saturated rings. The van der Waals surface area contributed by atoms with Gasteiger partial charge >= 0.3 is 0 Å². The highest BCUT2D eigenvalue weighted by Gasteiger charge is 2.05. The molecular weight excluding hydrogens is 216 g/mol. The number of ether oxygens (including phenoxy) is 1. The molecule has 1 atom stereocenters. The van der Waals surface area contributed by atoms with Crippen LogP contribution in [0.25, 0.3) is 0 Å². The molecule has 1 rings (SSSR count). The summed E-state index contributed by atoms with van der Waals surface area (Å²) < 4.78 is 5.10. The van der Waals surface area contributed by atoms with E-state index in [1.165, 1.54) is 0 Å². The molecule has 2 N–H and O–H groups in total. The largest absolute Gasteiger partial charge is 0.497 e. The molecule has 0 aliphatic carbocycles. The normalized spacial score (nSPS) is 11.6. The van der Waals surface area contributed by atoms with Crippen LogP contribution < -0.4 is 10.1 Å². The number of anilines is 1. The summed E-state index contributed by atoms with van der Waals surface area (Å²) in [5, 5.41) is 21.5. The fourth-order valence-electron chi connectivity index (χ4n) is 1.47. The molecule has 4 nitrogen and oxygen atoms in total. The maximum Gasteiger partial charge on any atom is 0.121 e. The van der Waals surface area contributed by atoms with Crippen LogP contribution in [0.5, 0.6) is 5.75 Å². The number of benzene rings is 1. The topological polar surface area (TPSA) is 65.3 Å². The van der Waals surface area contributed by atoms with E-state index in [1.807, 2.05) is 6.92 Å². The molecule has 0 spiro atoms. The van der Waals surface area contributed by atoms with Gasteiger partial charge in [-0.15, -0.1) is 0 Å². The van der Waals surface area contributed by atoms with Crippen LogP contribution >= 0.6 is 0 Å². The molecule has 0 bridgehead atoms. The van der Waals surface area contributed by atoms with Crippen molar-refractivity contribution in [1.29, 1.82) is 5.26 Å². The number of aliphatic hydroxyl groups is 1. The van der Waals surface area contributed by atoms with E-state index < -0.39 is 0 Å². The molecule has 0 heterocycles. The third-order valence-electron chi connectivity index (χ3n) is 2.61. The molecule has 1 aromatic rings. The summed E-state index contributed by atoms with van der Waals surface area (Å²) in [7, 11) is 1.59. The van der Waals surface area contributed by atoms with E-state index in [0.717, 1.165) is 12.1 Å². The highest BCUT2D eigenvalue weighted by atomic mass is 16.5. The van der Waals surface area contributed by atoms with Crippen LogP contribution in [0.3, 0.4) is 0 Å². The Morgan fingerprint density at radius 1 is 1.53 bits per heavy atom. The Morgan fingerprint density at radius 2 is 2.29 bits per heavy atom. The summed E-state index contributed by atoms with van der Waals surface area (Å²) in [5.74, 6) is 0.711. The van der Waals surface area contributed by atoms with Crippen molar-refractivity contribution < 1.29 is 9.84 Å². The number of hydrogen-bond donors (Lipinski definition) is 2. The van der Waals surface area contributed by atoms with Gasteiger partial charge in [0.2, 0.25) is 0 Å². The lowest BCUT2D eigenvalue weighted by Crippen LogP contribution is -2.12. The summed E-state index contributed by atoms with van der Waals surface area (Å²) in [4.78, 5) is 0. The molecule has 92 valence electrons. The van der Waals surface area contributed by atoms with E-state index in [2.05, 4.69) is 11.4 Å². The zero-order valence-electron chi connectivity index (χ0n) is 10.2.